The van der Waals surface area contributed by atoms with E-state index in [4.69, 9.17) is 22.7 Å². The largest absolute Gasteiger partial charge is 0.387 e. The summed E-state index contributed by atoms with van der Waals surface area (Å²) in [6.45, 7) is 4.92. The van der Waals surface area contributed by atoms with Crippen molar-refractivity contribution in [1.29, 1.82) is 5.41 Å². The predicted octanol–water partition coefficient (Wildman–Crippen LogP) is 3.13. The van der Waals surface area contributed by atoms with Gasteiger partial charge in [-0.25, -0.2) is 0 Å². The van der Waals surface area contributed by atoms with Crippen LogP contribution in [0.2, 0.25) is 5.02 Å². The third-order valence-electron chi connectivity index (χ3n) is 3.57. The quantitative estimate of drug-likeness (QED) is 0.651. The fourth-order valence-corrected chi connectivity index (χ4v) is 3.05. The van der Waals surface area contributed by atoms with Crippen LogP contribution in [0.1, 0.15) is 29.9 Å². The van der Waals surface area contributed by atoms with Crippen molar-refractivity contribution in [2.75, 3.05) is 14.1 Å². The molecule has 124 valence electrons. The molecule has 23 heavy (non-hydrogen) atoms. The molecule has 0 aliphatic heterocycles. The number of nitrogens with zero attached hydrogens (tertiary/aromatic N) is 2. The maximum absolute atomic E-state index is 12.5. The summed E-state index contributed by atoms with van der Waals surface area (Å²) in [6, 6.07) is 5.65. The highest BCUT2D eigenvalue weighted by Crippen LogP contribution is 2.30. The number of carbonyl (C=O) groups excluding carboxylic acids is 1. The summed E-state index contributed by atoms with van der Waals surface area (Å²) >= 11 is 6.47. The van der Waals surface area contributed by atoms with Gasteiger partial charge in [-0.2, -0.15) is 0 Å². The average molecular weight is 335 g/mol. The SMILES string of the molecule is CC(C)Cn1c(C(=O)N(C)C)cc2cc(CC(=N)N)cc(Cl)c21. The Labute approximate surface area is 141 Å². The minimum Gasteiger partial charge on any atom is -0.387 e. The number of hydrogen-bond acceptors (Lipinski definition) is 2. The second kappa shape index (κ2) is 6.62. The van der Waals surface area contributed by atoms with Crippen molar-refractivity contribution in [1.82, 2.24) is 9.47 Å². The standard InChI is InChI=1S/C17H23ClN4O/c1-10(2)9-22-14(17(23)21(3)4)8-12-5-11(7-15(19)20)6-13(18)16(12)22/h5-6,8,10H,7,9H2,1-4H3,(H3,19,20). The van der Waals surface area contributed by atoms with Gasteiger partial charge in [-0.15, -0.1) is 0 Å². The summed E-state index contributed by atoms with van der Waals surface area (Å²) in [5.41, 5.74) is 7.84. The van der Waals surface area contributed by atoms with Crippen LogP contribution in [-0.2, 0) is 13.0 Å². The topological polar surface area (TPSA) is 75.1 Å². The molecule has 0 unspecified atom stereocenters. The Hall–Kier alpha value is -2.01. The van der Waals surface area contributed by atoms with Crippen molar-refractivity contribution >= 4 is 34.2 Å². The van der Waals surface area contributed by atoms with E-state index in [-0.39, 0.29) is 11.7 Å². The van der Waals surface area contributed by atoms with Crippen LogP contribution in [0.3, 0.4) is 0 Å². The van der Waals surface area contributed by atoms with E-state index in [0.717, 1.165) is 16.5 Å². The first-order valence-electron chi connectivity index (χ1n) is 7.57. The lowest BCUT2D eigenvalue weighted by Gasteiger charge is -2.16. The lowest BCUT2D eigenvalue weighted by atomic mass is 10.1. The Kier molecular flexibility index (Phi) is 5.00. The van der Waals surface area contributed by atoms with Crippen LogP contribution in [0, 0.1) is 11.3 Å². The number of benzene rings is 1. The van der Waals surface area contributed by atoms with Gasteiger partial charge in [-0.3, -0.25) is 10.2 Å². The van der Waals surface area contributed by atoms with E-state index in [2.05, 4.69) is 13.8 Å². The van der Waals surface area contributed by atoms with E-state index in [9.17, 15) is 4.79 Å². The average Bonchev–Trinajstić information content (AvgIpc) is 2.75. The number of rotatable bonds is 5. The van der Waals surface area contributed by atoms with Crippen LogP contribution in [0.25, 0.3) is 10.9 Å². The number of fused-ring (bicyclic) bond motifs is 1. The van der Waals surface area contributed by atoms with Crippen LogP contribution in [0.4, 0.5) is 0 Å². The summed E-state index contributed by atoms with van der Waals surface area (Å²) in [6.07, 6.45) is 0.349. The van der Waals surface area contributed by atoms with Crippen molar-refractivity contribution in [2.45, 2.75) is 26.8 Å². The van der Waals surface area contributed by atoms with E-state index in [1.165, 1.54) is 0 Å². The van der Waals surface area contributed by atoms with Gasteiger partial charge in [0, 0.05) is 32.4 Å². The van der Waals surface area contributed by atoms with Gasteiger partial charge in [0.25, 0.3) is 5.91 Å². The molecule has 5 nitrogen and oxygen atoms in total. The molecular formula is C17H23ClN4O. The molecule has 0 fully saturated rings. The normalized spacial score (nSPS) is 11.2. The van der Waals surface area contributed by atoms with Gasteiger partial charge in [-0.05, 0) is 29.7 Å². The highest BCUT2D eigenvalue weighted by molar-refractivity contribution is 6.35. The smallest absolute Gasteiger partial charge is 0.269 e. The van der Waals surface area contributed by atoms with E-state index in [1.54, 1.807) is 19.0 Å². The summed E-state index contributed by atoms with van der Waals surface area (Å²) in [4.78, 5) is 14.1. The van der Waals surface area contributed by atoms with Gasteiger partial charge in [0.1, 0.15) is 5.69 Å². The summed E-state index contributed by atoms with van der Waals surface area (Å²) in [5, 5.41) is 8.93. The lowest BCUT2D eigenvalue weighted by molar-refractivity contribution is 0.0817. The van der Waals surface area contributed by atoms with Crippen LogP contribution in [0.15, 0.2) is 18.2 Å². The molecule has 1 aromatic heterocycles. The minimum atomic E-state index is -0.0500. The molecule has 2 aromatic rings. The molecule has 0 saturated carbocycles. The molecular weight excluding hydrogens is 312 g/mol. The molecule has 3 N–H and O–H groups in total. The number of nitrogens with one attached hydrogen (secondary N) is 1. The minimum absolute atomic E-state index is 0.0500. The second-order valence-corrected chi connectivity index (χ2v) is 6.86. The molecule has 2 rings (SSSR count). The maximum atomic E-state index is 12.5. The molecule has 1 aromatic carbocycles. The molecule has 0 bridgehead atoms. The van der Waals surface area contributed by atoms with Crippen molar-refractivity contribution in [3.8, 4) is 0 Å². The van der Waals surface area contributed by atoms with Crippen molar-refractivity contribution in [3.63, 3.8) is 0 Å². The highest BCUT2D eigenvalue weighted by atomic mass is 35.5. The number of nitrogens with two attached hydrogens (primary N) is 1. The number of carbonyl (C=O) groups is 1. The zero-order chi connectivity index (χ0) is 17.3. The second-order valence-electron chi connectivity index (χ2n) is 6.45. The first-order chi connectivity index (χ1) is 10.7. The van der Waals surface area contributed by atoms with Gasteiger partial charge in [-0.1, -0.05) is 25.4 Å². The van der Waals surface area contributed by atoms with Crippen molar-refractivity contribution in [3.05, 3.63) is 34.5 Å². The molecule has 1 amide bonds. The molecule has 0 spiro atoms. The Morgan fingerprint density at radius 3 is 2.52 bits per heavy atom. The highest BCUT2D eigenvalue weighted by Gasteiger charge is 2.20. The number of amides is 1. The summed E-state index contributed by atoms with van der Waals surface area (Å²) in [5.74, 6) is 0.421. The number of amidine groups is 1. The molecule has 0 atom stereocenters. The first-order valence-corrected chi connectivity index (χ1v) is 7.94. The molecule has 0 radical (unpaired) electrons. The fourth-order valence-electron chi connectivity index (χ4n) is 2.70. The number of halogens is 1. The van der Waals surface area contributed by atoms with E-state index in [0.29, 0.717) is 29.6 Å². The number of hydrogen-bond donors (Lipinski definition) is 2. The summed E-state index contributed by atoms with van der Waals surface area (Å²) in [7, 11) is 3.48. The Morgan fingerprint density at radius 1 is 1.35 bits per heavy atom. The van der Waals surface area contributed by atoms with E-state index < -0.39 is 0 Å². The van der Waals surface area contributed by atoms with Gasteiger partial charge in [0.15, 0.2) is 0 Å². The predicted molar refractivity (Wildman–Crippen MR) is 95.4 cm³/mol. The fraction of sp³-hybridized carbons (Fsp3) is 0.412. The third-order valence-corrected chi connectivity index (χ3v) is 3.86. The summed E-state index contributed by atoms with van der Waals surface area (Å²) < 4.78 is 1.99. The molecule has 0 aliphatic rings. The van der Waals surface area contributed by atoms with Crippen LogP contribution in [-0.4, -0.2) is 35.3 Å². The van der Waals surface area contributed by atoms with E-state index >= 15 is 0 Å². The van der Waals surface area contributed by atoms with Crippen LogP contribution in [0.5, 0.6) is 0 Å². The maximum Gasteiger partial charge on any atom is 0.269 e. The third kappa shape index (κ3) is 3.67. The van der Waals surface area contributed by atoms with Gasteiger partial charge >= 0.3 is 0 Å². The number of aromatic nitrogens is 1. The van der Waals surface area contributed by atoms with E-state index in [1.807, 2.05) is 22.8 Å². The Bertz CT molecular complexity index is 762. The van der Waals surface area contributed by atoms with Gasteiger partial charge in [0.05, 0.1) is 16.4 Å². The molecule has 0 aliphatic carbocycles. The monoisotopic (exact) mass is 334 g/mol. The van der Waals surface area contributed by atoms with Crippen molar-refractivity contribution in [2.24, 2.45) is 11.7 Å². The lowest BCUT2D eigenvalue weighted by Crippen LogP contribution is -2.25. The Morgan fingerprint density at radius 2 is 2.00 bits per heavy atom. The van der Waals surface area contributed by atoms with Gasteiger partial charge < -0.3 is 15.2 Å². The first kappa shape index (κ1) is 17.3. The van der Waals surface area contributed by atoms with Crippen molar-refractivity contribution < 1.29 is 4.79 Å². The zero-order valence-corrected chi connectivity index (χ0v) is 14.7. The van der Waals surface area contributed by atoms with Crippen LogP contribution >= 0.6 is 11.6 Å². The van der Waals surface area contributed by atoms with Crippen LogP contribution < -0.4 is 5.73 Å². The molecule has 1 heterocycles. The molecule has 6 heteroatoms. The molecule has 0 saturated heterocycles. The Balaban J connectivity index is 2.68. The van der Waals surface area contributed by atoms with Gasteiger partial charge in [0.2, 0.25) is 0 Å². The zero-order valence-electron chi connectivity index (χ0n) is 14.0.